The Morgan fingerprint density at radius 3 is 3.08 bits per heavy atom. The molecule has 0 radical (unpaired) electrons. The van der Waals surface area contributed by atoms with E-state index in [0.717, 1.165) is 18.9 Å². The van der Waals surface area contributed by atoms with Gasteiger partial charge in [-0.1, -0.05) is 6.92 Å². The first-order valence-electron chi connectivity index (χ1n) is 4.92. The summed E-state index contributed by atoms with van der Waals surface area (Å²) >= 11 is 0. The molecule has 2 nitrogen and oxygen atoms in total. The molecule has 1 atom stereocenters. The van der Waals surface area contributed by atoms with Crippen molar-refractivity contribution in [2.24, 2.45) is 5.92 Å². The summed E-state index contributed by atoms with van der Waals surface area (Å²) in [7, 11) is 0. The standard InChI is InChI=1S/C10H18N2/c1-10-5-4-8-12(9-10)7-3-2-6-11/h10H,2-5,7-9H2,1H3/t10-/m1/s1. The van der Waals surface area contributed by atoms with Gasteiger partial charge in [-0.2, -0.15) is 5.26 Å². The lowest BCUT2D eigenvalue weighted by molar-refractivity contribution is 0.183. The molecular formula is C10H18N2. The molecule has 0 unspecified atom stereocenters. The lowest BCUT2D eigenvalue weighted by atomic mass is 10.0. The molecule has 0 saturated carbocycles. The van der Waals surface area contributed by atoms with Gasteiger partial charge in [0.15, 0.2) is 0 Å². The van der Waals surface area contributed by atoms with E-state index in [-0.39, 0.29) is 0 Å². The molecule has 0 aromatic heterocycles. The number of hydrogen-bond donors (Lipinski definition) is 0. The van der Waals surface area contributed by atoms with E-state index in [2.05, 4.69) is 17.9 Å². The highest BCUT2D eigenvalue weighted by atomic mass is 15.1. The van der Waals surface area contributed by atoms with Crippen LogP contribution in [0.15, 0.2) is 0 Å². The monoisotopic (exact) mass is 166 g/mol. The van der Waals surface area contributed by atoms with Gasteiger partial charge >= 0.3 is 0 Å². The Hall–Kier alpha value is -0.550. The van der Waals surface area contributed by atoms with Crippen molar-refractivity contribution in [3.8, 4) is 6.07 Å². The van der Waals surface area contributed by atoms with Crippen molar-refractivity contribution in [1.82, 2.24) is 4.90 Å². The summed E-state index contributed by atoms with van der Waals surface area (Å²) in [4.78, 5) is 2.49. The van der Waals surface area contributed by atoms with Crippen LogP contribution in [0, 0.1) is 17.2 Å². The molecule has 1 heterocycles. The Kier molecular flexibility index (Phi) is 4.10. The fourth-order valence-electron chi connectivity index (χ4n) is 1.87. The summed E-state index contributed by atoms with van der Waals surface area (Å²) in [5.74, 6) is 0.862. The zero-order valence-electron chi connectivity index (χ0n) is 7.92. The average Bonchev–Trinajstić information content (AvgIpc) is 2.05. The number of hydrogen-bond acceptors (Lipinski definition) is 2. The van der Waals surface area contributed by atoms with E-state index in [9.17, 15) is 0 Å². The van der Waals surface area contributed by atoms with Gasteiger partial charge in [0.05, 0.1) is 6.07 Å². The molecule has 0 aromatic carbocycles. The molecule has 0 aromatic rings. The van der Waals surface area contributed by atoms with Gasteiger partial charge in [-0.05, 0) is 38.3 Å². The molecule has 1 fully saturated rings. The third kappa shape index (κ3) is 3.23. The molecular weight excluding hydrogens is 148 g/mol. The van der Waals surface area contributed by atoms with Crippen LogP contribution in [0.5, 0.6) is 0 Å². The minimum atomic E-state index is 0.713. The molecule has 2 heteroatoms. The molecule has 0 N–H and O–H groups in total. The molecule has 12 heavy (non-hydrogen) atoms. The van der Waals surface area contributed by atoms with Crippen LogP contribution in [0.2, 0.25) is 0 Å². The van der Waals surface area contributed by atoms with E-state index in [0.29, 0.717) is 6.42 Å². The second-order valence-electron chi connectivity index (χ2n) is 3.81. The maximum absolute atomic E-state index is 8.38. The van der Waals surface area contributed by atoms with Crippen molar-refractivity contribution in [1.29, 1.82) is 5.26 Å². The fourth-order valence-corrected chi connectivity index (χ4v) is 1.87. The summed E-state index contributed by atoms with van der Waals surface area (Å²) < 4.78 is 0. The van der Waals surface area contributed by atoms with Crippen LogP contribution < -0.4 is 0 Å². The van der Waals surface area contributed by atoms with Gasteiger partial charge < -0.3 is 4.90 Å². The number of rotatable bonds is 3. The van der Waals surface area contributed by atoms with Gasteiger partial charge in [0.1, 0.15) is 0 Å². The van der Waals surface area contributed by atoms with Gasteiger partial charge in [-0.15, -0.1) is 0 Å². The van der Waals surface area contributed by atoms with Crippen LogP contribution in [0.3, 0.4) is 0 Å². The first kappa shape index (κ1) is 9.54. The highest BCUT2D eigenvalue weighted by Crippen LogP contribution is 2.15. The quantitative estimate of drug-likeness (QED) is 0.600. The first-order valence-corrected chi connectivity index (χ1v) is 4.92. The Bertz CT molecular complexity index is 160. The molecule has 1 rings (SSSR count). The van der Waals surface area contributed by atoms with Crippen molar-refractivity contribution in [3.63, 3.8) is 0 Å². The lowest BCUT2D eigenvalue weighted by Crippen LogP contribution is -2.34. The maximum Gasteiger partial charge on any atom is 0.0622 e. The zero-order chi connectivity index (χ0) is 8.81. The van der Waals surface area contributed by atoms with E-state index in [1.165, 1.54) is 25.9 Å². The van der Waals surface area contributed by atoms with E-state index >= 15 is 0 Å². The largest absolute Gasteiger partial charge is 0.303 e. The van der Waals surface area contributed by atoms with E-state index in [1.807, 2.05) is 0 Å². The van der Waals surface area contributed by atoms with Crippen LogP contribution in [-0.4, -0.2) is 24.5 Å². The van der Waals surface area contributed by atoms with Gasteiger partial charge in [0.2, 0.25) is 0 Å². The number of piperidine rings is 1. The summed E-state index contributed by atoms with van der Waals surface area (Å²) in [6.07, 6.45) is 4.48. The molecule has 1 aliphatic heterocycles. The predicted octanol–water partition coefficient (Wildman–Crippen LogP) is 2.02. The Labute approximate surface area is 75.2 Å². The number of likely N-dealkylation sites (tertiary alicyclic amines) is 1. The second kappa shape index (κ2) is 5.16. The summed E-state index contributed by atoms with van der Waals surface area (Å²) in [6.45, 7) is 5.93. The zero-order valence-corrected chi connectivity index (χ0v) is 7.92. The molecule has 0 bridgehead atoms. The maximum atomic E-state index is 8.38. The Morgan fingerprint density at radius 1 is 1.58 bits per heavy atom. The molecule has 1 aliphatic rings. The van der Waals surface area contributed by atoms with E-state index in [1.54, 1.807) is 0 Å². The van der Waals surface area contributed by atoms with Crippen molar-refractivity contribution in [2.75, 3.05) is 19.6 Å². The molecule has 1 saturated heterocycles. The third-order valence-corrected chi connectivity index (χ3v) is 2.50. The summed E-state index contributed by atoms with van der Waals surface area (Å²) in [6, 6.07) is 2.19. The van der Waals surface area contributed by atoms with Gasteiger partial charge in [0.25, 0.3) is 0 Å². The third-order valence-electron chi connectivity index (χ3n) is 2.50. The normalized spacial score (nSPS) is 25.2. The molecule has 68 valence electrons. The highest BCUT2D eigenvalue weighted by Gasteiger charge is 2.14. The van der Waals surface area contributed by atoms with Crippen LogP contribution in [0.25, 0.3) is 0 Å². The minimum Gasteiger partial charge on any atom is -0.303 e. The smallest absolute Gasteiger partial charge is 0.0622 e. The second-order valence-corrected chi connectivity index (χ2v) is 3.81. The summed E-state index contributed by atoms with van der Waals surface area (Å²) in [5, 5.41) is 8.38. The average molecular weight is 166 g/mol. The SMILES string of the molecule is C[C@@H]1CCCN(CCCC#N)C1. The van der Waals surface area contributed by atoms with Gasteiger partial charge in [-0.3, -0.25) is 0 Å². The van der Waals surface area contributed by atoms with Gasteiger partial charge in [0, 0.05) is 13.0 Å². The lowest BCUT2D eigenvalue weighted by Gasteiger charge is -2.30. The number of unbranched alkanes of at least 4 members (excludes halogenated alkanes) is 1. The molecule has 0 spiro atoms. The predicted molar refractivity (Wildman–Crippen MR) is 49.7 cm³/mol. The molecule has 0 aliphatic carbocycles. The summed E-state index contributed by atoms with van der Waals surface area (Å²) in [5.41, 5.74) is 0. The number of nitriles is 1. The van der Waals surface area contributed by atoms with Crippen molar-refractivity contribution in [3.05, 3.63) is 0 Å². The Balaban J connectivity index is 2.11. The van der Waals surface area contributed by atoms with E-state index in [4.69, 9.17) is 5.26 Å². The topological polar surface area (TPSA) is 27.0 Å². The minimum absolute atomic E-state index is 0.713. The van der Waals surface area contributed by atoms with Crippen molar-refractivity contribution in [2.45, 2.75) is 32.6 Å². The van der Waals surface area contributed by atoms with Crippen LogP contribution >= 0.6 is 0 Å². The van der Waals surface area contributed by atoms with Crippen LogP contribution in [0.4, 0.5) is 0 Å². The number of nitrogens with zero attached hydrogens (tertiary/aromatic N) is 2. The highest BCUT2D eigenvalue weighted by molar-refractivity contribution is 4.73. The van der Waals surface area contributed by atoms with Crippen LogP contribution in [-0.2, 0) is 0 Å². The van der Waals surface area contributed by atoms with Gasteiger partial charge in [-0.25, -0.2) is 0 Å². The van der Waals surface area contributed by atoms with Crippen molar-refractivity contribution < 1.29 is 0 Å². The first-order chi connectivity index (χ1) is 5.83. The van der Waals surface area contributed by atoms with Crippen molar-refractivity contribution >= 4 is 0 Å². The van der Waals surface area contributed by atoms with Crippen LogP contribution in [0.1, 0.15) is 32.6 Å². The molecule has 0 amide bonds. The van der Waals surface area contributed by atoms with E-state index < -0.39 is 0 Å². The Morgan fingerprint density at radius 2 is 2.42 bits per heavy atom. The fraction of sp³-hybridized carbons (Fsp3) is 0.900.